The highest BCUT2D eigenvalue weighted by Gasteiger charge is 2.09. The second-order valence-electron chi connectivity index (χ2n) is 4.11. The zero-order chi connectivity index (χ0) is 12.8. The van der Waals surface area contributed by atoms with Crippen LogP contribution < -0.4 is 16.8 Å². The quantitative estimate of drug-likeness (QED) is 0.675. The van der Waals surface area contributed by atoms with Crippen molar-refractivity contribution in [3.63, 3.8) is 0 Å². The van der Waals surface area contributed by atoms with Gasteiger partial charge in [-0.2, -0.15) is 11.8 Å². The van der Waals surface area contributed by atoms with Crippen LogP contribution in [0.4, 0.5) is 11.4 Å². The van der Waals surface area contributed by atoms with Crippen molar-refractivity contribution in [2.45, 2.75) is 6.92 Å². The van der Waals surface area contributed by atoms with Gasteiger partial charge in [-0.25, -0.2) is 0 Å². The van der Waals surface area contributed by atoms with Crippen molar-refractivity contribution in [3.8, 4) is 0 Å². The number of rotatable bonds is 6. The van der Waals surface area contributed by atoms with E-state index in [-0.39, 0.29) is 0 Å². The lowest BCUT2D eigenvalue weighted by Gasteiger charge is -2.14. The van der Waals surface area contributed by atoms with E-state index in [0.29, 0.717) is 22.9 Å². The molecule has 0 saturated heterocycles. The highest BCUT2D eigenvalue weighted by atomic mass is 32.2. The molecule has 94 valence electrons. The Bertz CT molecular complexity index is 395. The van der Waals surface area contributed by atoms with Gasteiger partial charge < -0.3 is 16.8 Å². The van der Waals surface area contributed by atoms with Crippen LogP contribution in [0.2, 0.25) is 0 Å². The number of anilines is 2. The van der Waals surface area contributed by atoms with E-state index in [9.17, 15) is 4.79 Å². The molecule has 5 N–H and O–H groups in total. The van der Waals surface area contributed by atoms with Crippen LogP contribution in [0.3, 0.4) is 0 Å². The number of hydrogen-bond donors (Lipinski definition) is 3. The number of hydrogen-bond acceptors (Lipinski definition) is 4. The molecule has 0 heterocycles. The predicted molar refractivity (Wildman–Crippen MR) is 75.4 cm³/mol. The van der Waals surface area contributed by atoms with Crippen molar-refractivity contribution in [1.29, 1.82) is 0 Å². The van der Waals surface area contributed by atoms with Gasteiger partial charge in [0.25, 0.3) is 5.91 Å². The minimum atomic E-state index is -0.440. The maximum Gasteiger partial charge on any atom is 0.250 e. The third-order valence-electron chi connectivity index (χ3n) is 2.40. The van der Waals surface area contributed by atoms with Gasteiger partial charge in [-0.15, -0.1) is 0 Å². The van der Waals surface area contributed by atoms with Crippen LogP contribution in [0.25, 0.3) is 0 Å². The molecule has 0 bridgehead atoms. The van der Waals surface area contributed by atoms with E-state index in [1.54, 1.807) is 30.0 Å². The Hall–Kier alpha value is -1.36. The number of thioether (sulfide) groups is 1. The molecule has 1 atom stereocenters. The number of nitrogens with one attached hydrogen (secondary N) is 1. The van der Waals surface area contributed by atoms with Crippen LogP contribution in [0.5, 0.6) is 0 Å². The molecule has 1 aromatic carbocycles. The Labute approximate surface area is 106 Å². The molecule has 0 aliphatic rings. The summed E-state index contributed by atoms with van der Waals surface area (Å²) < 4.78 is 0. The summed E-state index contributed by atoms with van der Waals surface area (Å²) in [6.45, 7) is 2.95. The van der Waals surface area contributed by atoms with Crippen molar-refractivity contribution in [3.05, 3.63) is 23.8 Å². The number of primary amides is 1. The molecule has 1 unspecified atom stereocenters. The molecule has 0 aliphatic heterocycles. The monoisotopic (exact) mass is 253 g/mol. The van der Waals surface area contributed by atoms with Gasteiger partial charge in [-0.3, -0.25) is 4.79 Å². The highest BCUT2D eigenvalue weighted by Crippen LogP contribution is 2.19. The van der Waals surface area contributed by atoms with Crippen LogP contribution in [0.1, 0.15) is 17.3 Å². The molecule has 0 saturated carbocycles. The van der Waals surface area contributed by atoms with Gasteiger partial charge in [-0.1, -0.05) is 6.92 Å². The van der Waals surface area contributed by atoms with Gasteiger partial charge in [0.15, 0.2) is 0 Å². The number of benzene rings is 1. The lowest BCUT2D eigenvalue weighted by Crippen LogP contribution is -2.18. The lowest BCUT2D eigenvalue weighted by molar-refractivity contribution is 0.100. The summed E-state index contributed by atoms with van der Waals surface area (Å²) in [6, 6.07) is 5.07. The first-order valence-corrected chi connectivity index (χ1v) is 6.86. The van der Waals surface area contributed by atoms with E-state index in [1.165, 1.54) is 0 Å². The minimum Gasteiger partial charge on any atom is -0.399 e. The van der Waals surface area contributed by atoms with Crippen molar-refractivity contribution in [2.24, 2.45) is 11.7 Å². The number of nitrogen functional groups attached to an aromatic ring is 1. The van der Waals surface area contributed by atoms with Crippen molar-refractivity contribution < 1.29 is 4.79 Å². The van der Waals surface area contributed by atoms with Gasteiger partial charge in [0.05, 0.1) is 5.56 Å². The number of carbonyl (C=O) groups excluding carboxylic acids is 1. The van der Waals surface area contributed by atoms with E-state index in [4.69, 9.17) is 11.5 Å². The summed E-state index contributed by atoms with van der Waals surface area (Å²) in [5, 5.41) is 3.23. The van der Waals surface area contributed by atoms with Crippen LogP contribution in [-0.2, 0) is 0 Å². The highest BCUT2D eigenvalue weighted by molar-refractivity contribution is 7.98. The maximum absolute atomic E-state index is 11.2. The molecule has 0 fully saturated rings. The maximum atomic E-state index is 11.2. The standard InChI is InChI=1S/C12H19N3OS/c1-8(7-17-2)6-15-11-5-9(13)3-4-10(11)12(14)16/h3-5,8,15H,6-7,13H2,1-2H3,(H2,14,16). The largest absolute Gasteiger partial charge is 0.399 e. The summed E-state index contributed by atoms with van der Waals surface area (Å²) in [7, 11) is 0. The summed E-state index contributed by atoms with van der Waals surface area (Å²) in [4.78, 5) is 11.2. The molecule has 4 nitrogen and oxygen atoms in total. The zero-order valence-electron chi connectivity index (χ0n) is 10.2. The minimum absolute atomic E-state index is 0.440. The fraction of sp³-hybridized carbons (Fsp3) is 0.417. The molecule has 5 heteroatoms. The molecule has 1 amide bonds. The Kier molecular flexibility index (Phi) is 5.15. The van der Waals surface area contributed by atoms with Gasteiger partial charge in [0.1, 0.15) is 0 Å². The average Bonchev–Trinajstić information content (AvgIpc) is 2.26. The molecule has 1 aromatic rings. The van der Waals surface area contributed by atoms with Crippen LogP contribution >= 0.6 is 11.8 Å². The number of carbonyl (C=O) groups is 1. The Morgan fingerprint density at radius 2 is 2.24 bits per heavy atom. The van der Waals surface area contributed by atoms with E-state index < -0.39 is 5.91 Å². The summed E-state index contributed by atoms with van der Waals surface area (Å²) in [5.41, 5.74) is 12.8. The normalized spacial score (nSPS) is 12.1. The lowest BCUT2D eigenvalue weighted by atomic mass is 10.1. The molecular formula is C12H19N3OS. The van der Waals surface area contributed by atoms with E-state index in [2.05, 4.69) is 18.5 Å². The molecular weight excluding hydrogens is 234 g/mol. The van der Waals surface area contributed by atoms with E-state index >= 15 is 0 Å². The van der Waals surface area contributed by atoms with Gasteiger partial charge >= 0.3 is 0 Å². The van der Waals surface area contributed by atoms with Crippen molar-refractivity contribution >= 4 is 29.0 Å². The van der Waals surface area contributed by atoms with Crippen molar-refractivity contribution in [2.75, 3.05) is 29.6 Å². The Balaban J connectivity index is 2.75. The molecule has 0 radical (unpaired) electrons. The van der Waals surface area contributed by atoms with Gasteiger partial charge in [-0.05, 0) is 36.1 Å². The fourth-order valence-electron chi connectivity index (χ4n) is 1.55. The zero-order valence-corrected chi connectivity index (χ0v) is 11.0. The second kappa shape index (κ2) is 6.39. The van der Waals surface area contributed by atoms with Crippen LogP contribution in [-0.4, -0.2) is 24.5 Å². The Morgan fingerprint density at radius 1 is 1.53 bits per heavy atom. The first kappa shape index (κ1) is 13.7. The molecule has 0 spiro atoms. The predicted octanol–water partition coefficient (Wildman–Crippen LogP) is 1.78. The third kappa shape index (κ3) is 4.19. The SMILES string of the molecule is CSCC(C)CNc1cc(N)ccc1C(N)=O. The summed E-state index contributed by atoms with van der Waals surface area (Å²) >= 11 is 1.80. The molecule has 1 rings (SSSR count). The second-order valence-corrected chi connectivity index (χ2v) is 5.02. The number of amides is 1. The van der Waals surface area contributed by atoms with Crippen molar-refractivity contribution in [1.82, 2.24) is 0 Å². The Morgan fingerprint density at radius 3 is 2.82 bits per heavy atom. The first-order valence-electron chi connectivity index (χ1n) is 5.46. The van der Waals surface area contributed by atoms with Crippen LogP contribution in [0, 0.1) is 5.92 Å². The topological polar surface area (TPSA) is 81.1 Å². The summed E-state index contributed by atoms with van der Waals surface area (Å²) in [6.07, 6.45) is 2.08. The first-order chi connectivity index (χ1) is 8.04. The number of nitrogens with two attached hydrogens (primary N) is 2. The smallest absolute Gasteiger partial charge is 0.250 e. The van der Waals surface area contributed by atoms with Crippen LogP contribution in [0.15, 0.2) is 18.2 Å². The van der Waals surface area contributed by atoms with Gasteiger partial charge in [0, 0.05) is 17.9 Å². The molecule has 17 heavy (non-hydrogen) atoms. The molecule has 0 aromatic heterocycles. The van der Waals surface area contributed by atoms with Gasteiger partial charge in [0.2, 0.25) is 0 Å². The average molecular weight is 253 g/mol. The van der Waals surface area contributed by atoms with E-state index in [0.717, 1.165) is 12.3 Å². The summed E-state index contributed by atoms with van der Waals surface area (Å²) in [5.74, 6) is 1.15. The molecule has 0 aliphatic carbocycles. The fourth-order valence-corrected chi connectivity index (χ4v) is 2.24. The third-order valence-corrected chi connectivity index (χ3v) is 3.30. The van der Waals surface area contributed by atoms with E-state index in [1.807, 2.05) is 0 Å².